The minimum absolute atomic E-state index is 0.0155. The van der Waals surface area contributed by atoms with Crippen LogP contribution < -0.4 is 10.6 Å². The molecule has 0 saturated carbocycles. The van der Waals surface area contributed by atoms with Crippen molar-refractivity contribution < 1.29 is 22.7 Å². The van der Waals surface area contributed by atoms with Crippen molar-refractivity contribution in [3.63, 3.8) is 0 Å². The number of pyridine rings is 1. The molecule has 2 heterocycles. The number of imidazole rings is 1. The number of nitrogens with zero attached hydrogens (tertiary/aromatic N) is 2. The van der Waals surface area contributed by atoms with Gasteiger partial charge in [0.15, 0.2) is 0 Å². The molecule has 0 saturated heterocycles. The average Bonchev–Trinajstić information content (AvgIpc) is 3.07. The monoisotopic (exact) mass is 426 g/mol. The zero-order valence-corrected chi connectivity index (χ0v) is 16.1. The van der Waals surface area contributed by atoms with E-state index in [9.17, 15) is 18.0 Å². The first-order chi connectivity index (χ1) is 13.8. The van der Waals surface area contributed by atoms with Crippen molar-refractivity contribution in [1.29, 1.82) is 0 Å². The number of hydrogen-bond acceptors (Lipinski definition) is 3. The first-order valence-electron chi connectivity index (χ1n) is 8.60. The number of carbonyl (C=O) groups excluding carboxylic acids is 1. The molecule has 29 heavy (non-hydrogen) atoms. The number of amides is 2. The second-order valence-electron chi connectivity index (χ2n) is 6.30. The third-order valence-corrected chi connectivity index (χ3v) is 4.37. The van der Waals surface area contributed by atoms with E-state index >= 15 is 0 Å². The summed E-state index contributed by atoms with van der Waals surface area (Å²) in [7, 11) is 1.40. The van der Waals surface area contributed by atoms with Gasteiger partial charge in [-0.1, -0.05) is 23.7 Å². The third-order valence-electron chi connectivity index (χ3n) is 4.15. The lowest BCUT2D eigenvalue weighted by Gasteiger charge is -2.20. The molecule has 2 aromatic heterocycles. The van der Waals surface area contributed by atoms with Gasteiger partial charge < -0.3 is 19.8 Å². The summed E-state index contributed by atoms with van der Waals surface area (Å²) >= 11 is 5.93. The molecule has 2 amide bonds. The SMILES string of the molecule is COCC(NC(=O)NCc1cn2cc(Cl)ccc2n1)c1cccc(C(F)(F)F)c1. The summed E-state index contributed by atoms with van der Waals surface area (Å²) in [6.45, 7) is 0.148. The van der Waals surface area contributed by atoms with E-state index in [0.717, 1.165) is 12.1 Å². The number of fused-ring (bicyclic) bond motifs is 1. The van der Waals surface area contributed by atoms with Gasteiger partial charge in [-0.15, -0.1) is 0 Å². The lowest BCUT2D eigenvalue weighted by molar-refractivity contribution is -0.137. The van der Waals surface area contributed by atoms with Crippen molar-refractivity contribution in [2.75, 3.05) is 13.7 Å². The number of halogens is 4. The number of ether oxygens (including phenoxy) is 1. The molecular weight excluding hydrogens is 409 g/mol. The lowest BCUT2D eigenvalue weighted by atomic mass is 10.0. The largest absolute Gasteiger partial charge is 0.416 e. The first kappa shape index (κ1) is 20.9. The van der Waals surface area contributed by atoms with Crippen LogP contribution in [-0.2, 0) is 17.5 Å². The van der Waals surface area contributed by atoms with Crippen LogP contribution in [0, 0.1) is 0 Å². The number of methoxy groups -OCH3 is 1. The first-order valence-corrected chi connectivity index (χ1v) is 8.97. The van der Waals surface area contributed by atoms with Gasteiger partial charge in [0.25, 0.3) is 0 Å². The maximum Gasteiger partial charge on any atom is 0.416 e. The van der Waals surface area contributed by atoms with Crippen molar-refractivity contribution in [3.05, 3.63) is 70.6 Å². The van der Waals surface area contributed by atoms with Crippen molar-refractivity contribution in [2.24, 2.45) is 0 Å². The summed E-state index contributed by atoms with van der Waals surface area (Å²) < 4.78 is 45.6. The van der Waals surface area contributed by atoms with E-state index in [-0.39, 0.29) is 13.2 Å². The van der Waals surface area contributed by atoms with E-state index in [0.29, 0.717) is 21.9 Å². The quantitative estimate of drug-likeness (QED) is 0.621. The number of hydrogen-bond donors (Lipinski definition) is 2. The summed E-state index contributed by atoms with van der Waals surface area (Å²) in [5, 5.41) is 5.82. The predicted octanol–water partition coefficient (Wildman–Crippen LogP) is 4.19. The van der Waals surface area contributed by atoms with Gasteiger partial charge >= 0.3 is 12.2 Å². The molecule has 0 radical (unpaired) electrons. The van der Waals surface area contributed by atoms with Crippen molar-refractivity contribution in [1.82, 2.24) is 20.0 Å². The summed E-state index contributed by atoms with van der Waals surface area (Å²) in [5.74, 6) is 0. The van der Waals surface area contributed by atoms with Gasteiger partial charge in [0.05, 0.1) is 35.5 Å². The van der Waals surface area contributed by atoms with Crippen molar-refractivity contribution >= 4 is 23.3 Å². The van der Waals surface area contributed by atoms with Gasteiger partial charge in [-0.2, -0.15) is 13.2 Å². The molecule has 3 aromatic rings. The van der Waals surface area contributed by atoms with E-state index in [2.05, 4.69) is 15.6 Å². The number of nitrogens with one attached hydrogen (secondary N) is 2. The Labute approximate surface area is 169 Å². The highest BCUT2D eigenvalue weighted by Crippen LogP contribution is 2.30. The number of alkyl halides is 3. The predicted molar refractivity (Wildman–Crippen MR) is 102 cm³/mol. The molecule has 0 aliphatic rings. The van der Waals surface area contributed by atoms with Gasteiger partial charge in [-0.05, 0) is 29.8 Å². The Bertz CT molecular complexity index is 1010. The summed E-state index contributed by atoms with van der Waals surface area (Å²) in [6.07, 6.45) is -1.06. The van der Waals surface area contributed by atoms with E-state index in [1.807, 2.05) is 0 Å². The summed E-state index contributed by atoms with van der Waals surface area (Å²) in [4.78, 5) is 16.6. The standard InChI is InChI=1S/C19H18ClF3N4O2/c1-29-11-16(12-3-2-4-13(7-12)19(21,22)23)26-18(28)24-8-15-10-27-9-14(20)5-6-17(27)25-15/h2-7,9-10,16H,8,11H2,1H3,(H2,24,26,28). The van der Waals surface area contributed by atoms with Gasteiger partial charge in [0.2, 0.25) is 0 Å². The summed E-state index contributed by atoms with van der Waals surface area (Å²) in [6, 6.07) is 6.92. The fourth-order valence-electron chi connectivity index (χ4n) is 2.80. The number of rotatable bonds is 6. The van der Waals surface area contributed by atoms with E-state index in [1.165, 1.54) is 19.2 Å². The number of aromatic nitrogens is 2. The van der Waals surface area contributed by atoms with Crippen molar-refractivity contribution in [3.8, 4) is 0 Å². The summed E-state index contributed by atoms with van der Waals surface area (Å²) in [5.41, 5.74) is 0.776. The molecule has 0 aliphatic carbocycles. The lowest BCUT2D eigenvalue weighted by Crippen LogP contribution is -2.39. The maximum absolute atomic E-state index is 13.0. The Morgan fingerprint density at radius 1 is 1.28 bits per heavy atom. The zero-order valence-electron chi connectivity index (χ0n) is 15.3. The molecule has 2 N–H and O–H groups in total. The molecule has 0 spiro atoms. The van der Waals surface area contributed by atoms with Crippen LogP contribution in [-0.4, -0.2) is 29.1 Å². The van der Waals surface area contributed by atoms with Crippen LogP contribution in [0.2, 0.25) is 5.02 Å². The second kappa shape index (κ2) is 8.71. The highest BCUT2D eigenvalue weighted by Gasteiger charge is 2.31. The minimum Gasteiger partial charge on any atom is -0.382 e. The average molecular weight is 427 g/mol. The Kier molecular flexibility index (Phi) is 6.29. The Hall–Kier alpha value is -2.78. The molecule has 154 valence electrons. The smallest absolute Gasteiger partial charge is 0.382 e. The fraction of sp³-hybridized carbons (Fsp3) is 0.263. The van der Waals surface area contributed by atoms with Crippen LogP contribution in [0.15, 0.2) is 48.8 Å². The number of urea groups is 1. The van der Waals surface area contributed by atoms with Crippen LogP contribution >= 0.6 is 11.6 Å². The molecular formula is C19H18ClF3N4O2. The van der Waals surface area contributed by atoms with Gasteiger partial charge in [0.1, 0.15) is 5.65 Å². The molecule has 0 fully saturated rings. The molecule has 1 unspecified atom stereocenters. The number of benzene rings is 1. The molecule has 1 aromatic carbocycles. The molecule has 1 atom stereocenters. The maximum atomic E-state index is 13.0. The van der Waals surface area contributed by atoms with Crippen LogP contribution in [0.4, 0.5) is 18.0 Å². The zero-order chi connectivity index (χ0) is 21.0. The normalized spacial score (nSPS) is 12.7. The molecule has 10 heteroatoms. The van der Waals surface area contributed by atoms with E-state index < -0.39 is 23.8 Å². The Morgan fingerprint density at radius 2 is 2.07 bits per heavy atom. The molecule has 0 bridgehead atoms. The van der Waals surface area contributed by atoms with Crippen LogP contribution in [0.25, 0.3) is 5.65 Å². The topological polar surface area (TPSA) is 67.7 Å². The van der Waals surface area contributed by atoms with Gasteiger partial charge in [-0.25, -0.2) is 9.78 Å². The minimum atomic E-state index is -4.47. The second-order valence-corrected chi connectivity index (χ2v) is 6.74. The highest BCUT2D eigenvalue weighted by molar-refractivity contribution is 6.30. The molecule has 3 rings (SSSR count). The highest BCUT2D eigenvalue weighted by atomic mass is 35.5. The van der Waals surface area contributed by atoms with Gasteiger partial charge in [0, 0.05) is 19.5 Å². The van der Waals surface area contributed by atoms with Crippen molar-refractivity contribution in [2.45, 2.75) is 18.8 Å². The fourth-order valence-corrected chi connectivity index (χ4v) is 2.97. The third kappa shape index (κ3) is 5.39. The Morgan fingerprint density at radius 3 is 2.79 bits per heavy atom. The van der Waals surface area contributed by atoms with E-state index in [1.54, 1.807) is 28.9 Å². The van der Waals surface area contributed by atoms with Gasteiger partial charge in [-0.3, -0.25) is 0 Å². The van der Waals surface area contributed by atoms with Crippen LogP contribution in [0.5, 0.6) is 0 Å². The van der Waals surface area contributed by atoms with Crippen LogP contribution in [0.1, 0.15) is 22.9 Å². The molecule has 6 nitrogen and oxygen atoms in total. The Balaban J connectivity index is 1.66. The van der Waals surface area contributed by atoms with E-state index in [4.69, 9.17) is 16.3 Å². The number of carbonyl (C=O) groups is 1. The molecule has 0 aliphatic heterocycles. The van der Waals surface area contributed by atoms with Crippen LogP contribution in [0.3, 0.4) is 0 Å².